The van der Waals surface area contributed by atoms with Crippen molar-refractivity contribution in [3.05, 3.63) is 16.1 Å². The standard InChI is InChI=1S/C13H22N4OS/c1-3-11-8-15-12(19-11)9-16-13(18)10(2)17-6-4-14-5-7-17/h8,10,14H,3-7,9H2,1-2H3,(H,16,18). The first-order chi connectivity index (χ1) is 9.20. The van der Waals surface area contributed by atoms with E-state index in [1.807, 2.05) is 13.1 Å². The Bertz CT molecular complexity index is 415. The highest BCUT2D eigenvalue weighted by Crippen LogP contribution is 2.13. The summed E-state index contributed by atoms with van der Waals surface area (Å²) < 4.78 is 0. The van der Waals surface area contributed by atoms with Crippen molar-refractivity contribution in [2.24, 2.45) is 0 Å². The minimum atomic E-state index is -0.0623. The van der Waals surface area contributed by atoms with Gasteiger partial charge < -0.3 is 10.6 Å². The molecule has 2 rings (SSSR count). The summed E-state index contributed by atoms with van der Waals surface area (Å²) in [5.41, 5.74) is 0. The predicted octanol–water partition coefficient (Wildman–Crippen LogP) is 0.615. The molecule has 1 unspecified atom stereocenters. The first kappa shape index (κ1) is 14.4. The van der Waals surface area contributed by atoms with E-state index in [2.05, 4.69) is 27.4 Å². The van der Waals surface area contributed by atoms with E-state index in [1.165, 1.54) is 4.88 Å². The number of amides is 1. The van der Waals surface area contributed by atoms with Crippen LogP contribution >= 0.6 is 11.3 Å². The highest BCUT2D eigenvalue weighted by molar-refractivity contribution is 7.11. The number of thiazole rings is 1. The van der Waals surface area contributed by atoms with Crippen molar-refractivity contribution in [1.82, 2.24) is 20.5 Å². The Hall–Kier alpha value is -0.980. The van der Waals surface area contributed by atoms with Crippen LogP contribution in [0.5, 0.6) is 0 Å². The van der Waals surface area contributed by atoms with Gasteiger partial charge in [0.25, 0.3) is 0 Å². The van der Waals surface area contributed by atoms with Gasteiger partial charge in [0.05, 0.1) is 12.6 Å². The topological polar surface area (TPSA) is 57.3 Å². The third kappa shape index (κ3) is 3.99. The molecule has 1 aliphatic heterocycles. The second-order valence-corrected chi connectivity index (χ2v) is 5.95. The molecule has 1 atom stereocenters. The molecule has 0 spiro atoms. The SMILES string of the molecule is CCc1cnc(CNC(=O)C(C)N2CCNCC2)s1. The normalized spacial score (nSPS) is 18.2. The van der Waals surface area contributed by atoms with Gasteiger partial charge in [0, 0.05) is 37.3 Å². The van der Waals surface area contributed by atoms with Crippen molar-refractivity contribution in [2.45, 2.75) is 32.9 Å². The van der Waals surface area contributed by atoms with Gasteiger partial charge in [-0.3, -0.25) is 9.69 Å². The summed E-state index contributed by atoms with van der Waals surface area (Å²) in [7, 11) is 0. The van der Waals surface area contributed by atoms with Crippen molar-refractivity contribution in [3.8, 4) is 0 Å². The van der Waals surface area contributed by atoms with E-state index < -0.39 is 0 Å². The van der Waals surface area contributed by atoms with Crippen molar-refractivity contribution >= 4 is 17.2 Å². The molecule has 1 saturated heterocycles. The zero-order valence-corrected chi connectivity index (χ0v) is 12.4. The summed E-state index contributed by atoms with van der Waals surface area (Å²) in [5.74, 6) is 0.0927. The summed E-state index contributed by atoms with van der Waals surface area (Å²) in [6, 6.07) is -0.0623. The monoisotopic (exact) mass is 282 g/mol. The fraction of sp³-hybridized carbons (Fsp3) is 0.692. The Labute approximate surface area is 118 Å². The second kappa shape index (κ2) is 6.98. The van der Waals surface area contributed by atoms with Crippen LogP contribution in [0, 0.1) is 0 Å². The summed E-state index contributed by atoms with van der Waals surface area (Å²) in [6.45, 7) is 8.42. The third-order valence-electron chi connectivity index (χ3n) is 3.44. The first-order valence-corrected chi connectivity index (χ1v) is 7.68. The van der Waals surface area contributed by atoms with Crippen molar-refractivity contribution < 1.29 is 4.79 Å². The molecule has 19 heavy (non-hydrogen) atoms. The summed E-state index contributed by atoms with van der Waals surface area (Å²) >= 11 is 1.67. The molecule has 6 heteroatoms. The molecule has 0 radical (unpaired) electrons. The van der Waals surface area contributed by atoms with Gasteiger partial charge in [0.15, 0.2) is 0 Å². The van der Waals surface area contributed by atoms with Gasteiger partial charge in [-0.15, -0.1) is 11.3 Å². The van der Waals surface area contributed by atoms with Gasteiger partial charge in [0.2, 0.25) is 5.91 Å². The van der Waals surface area contributed by atoms with E-state index in [0.717, 1.165) is 37.6 Å². The number of carbonyl (C=O) groups is 1. The molecular weight excluding hydrogens is 260 g/mol. The van der Waals surface area contributed by atoms with Crippen LogP contribution in [-0.4, -0.2) is 48.0 Å². The van der Waals surface area contributed by atoms with E-state index in [-0.39, 0.29) is 11.9 Å². The van der Waals surface area contributed by atoms with Crippen molar-refractivity contribution in [2.75, 3.05) is 26.2 Å². The summed E-state index contributed by atoms with van der Waals surface area (Å²) in [5, 5.41) is 7.26. The van der Waals surface area contributed by atoms with Crippen LogP contribution in [-0.2, 0) is 17.8 Å². The number of aryl methyl sites for hydroxylation is 1. The van der Waals surface area contributed by atoms with Gasteiger partial charge in [-0.2, -0.15) is 0 Å². The van der Waals surface area contributed by atoms with E-state index in [4.69, 9.17) is 0 Å². The maximum Gasteiger partial charge on any atom is 0.237 e. The summed E-state index contributed by atoms with van der Waals surface area (Å²) in [6.07, 6.45) is 2.90. The second-order valence-electron chi connectivity index (χ2n) is 4.75. The van der Waals surface area contributed by atoms with Crippen LogP contribution in [0.25, 0.3) is 0 Å². The molecule has 0 aliphatic carbocycles. The van der Waals surface area contributed by atoms with Crippen LogP contribution in [0.2, 0.25) is 0 Å². The average Bonchev–Trinajstić information content (AvgIpc) is 2.93. The lowest BCUT2D eigenvalue weighted by atomic mass is 10.2. The lowest BCUT2D eigenvalue weighted by molar-refractivity contribution is -0.126. The number of nitrogens with zero attached hydrogens (tertiary/aromatic N) is 2. The number of nitrogens with one attached hydrogen (secondary N) is 2. The Balaban J connectivity index is 1.79. The molecule has 0 saturated carbocycles. The number of carbonyl (C=O) groups excluding carboxylic acids is 1. The van der Waals surface area contributed by atoms with Crippen LogP contribution in [0.15, 0.2) is 6.20 Å². The molecule has 2 heterocycles. The van der Waals surface area contributed by atoms with E-state index in [9.17, 15) is 4.79 Å². The molecule has 1 amide bonds. The van der Waals surface area contributed by atoms with Gasteiger partial charge in [0.1, 0.15) is 5.01 Å². The third-order valence-corrected chi connectivity index (χ3v) is 4.58. The molecule has 0 aromatic carbocycles. The highest BCUT2D eigenvalue weighted by Gasteiger charge is 2.22. The molecule has 1 aliphatic rings. The molecule has 2 N–H and O–H groups in total. The molecular formula is C13H22N4OS. The molecule has 1 fully saturated rings. The number of rotatable bonds is 5. The van der Waals surface area contributed by atoms with Crippen LogP contribution in [0.1, 0.15) is 23.7 Å². The number of hydrogen-bond acceptors (Lipinski definition) is 5. The van der Waals surface area contributed by atoms with Gasteiger partial charge >= 0.3 is 0 Å². The molecule has 5 nitrogen and oxygen atoms in total. The Kier molecular flexibility index (Phi) is 5.30. The first-order valence-electron chi connectivity index (χ1n) is 6.86. The van der Waals surface area contributed by atoms with E-state index >= 15 is 0 Å². The fourth-order valence-electron chi connectivity index (χ4n) is 2.14. The largest absolute Gasteiger partial charge is 0.348 e. The molecule has 106 valence electrons. The average molecular weight is 282 g/mol. The Morgan fingerprint density at radius 2 is 2.32 bits per heavy atom. The van der Waals surface area contributed by atoms with Crippen molar-refractivity contribution in [3.63, 3.8) is 0 Å². The fourth-order valence-corrected chi connectivity index (χ4v) is 2.94. The quantitative estimate of drug-likeness (QED) is 0.831. The van der Waals surface area contributed by atoms with Crippen LogP contribution in [0.4, 0.5) is 0 Å². The lowest BCUT2D eigenvalue weighted by Gasteiger charge is -2.31. The van der Waals surface area contributed by atoms with Gasteiger partial charge in [-0.25, -0.2) is 4.98 Å². The van der Waals surface area contributed by atoms with Gasteiger partial charge in [-0.1, -0.05) is 6.92 Å². The molecule has 0 bridgehead atoms. The molecule has 1 aromatic rings. The minimum absolute atomic E-state index is 0.0623. The maximum absolute atomic E-state index is 12.1. The predicted molar refractivity (Wildman–Crippen MR) is 77.2 cm³/mol. The highest BCUT2D eigenvalue weighted by atomic mass is 32.1. The smallest absolute Gasteiger partial charge is 0.237 e. The zero-order valence-electron chi connectivity index (χ0n) is 11.6. The van der Waals surface area contributed by atoms with E-state index in [1.54, 1.807) is 11.3 Å². The lowest BCUT2D eigenvalue weighted by Crippen LogP contribution is -2.52. The summed E-state index contributed by atoms with van der Waals surface area (Å²) in [4.78, 5) is 19.9. The number of piperazine rings is 1. The minimum Gasteiger partial charge on any atom is -0.348 e. The van der Waals surface area contributed by atoms with E-state index in [0.29, 0.717) is 6.54 Å². The zero-order chi connectivity index (χ0) is 13.7. The van der Waals surface area contributed by atoms with Crippen LogP contribution < -0.4 is 10.6 Å². The number of hydrogen-bond donors (Lipinski definition) is 2. The van der Waals surface area contributed by atoms with Crippen LogP contribution in [0.3, 0.4) is 0 Å². The molecule has 1 aromatic heterocycles. The van der Waals surface area contributed by atoms with Gasteiger partial charge in [-0.05, 0) is 13.3 Å². The van der Waals surface area contributed by atoms with Crippen molar-refractivity contribution in [1.29, 1.82) is 0 Å². The Morgan fingerprint density at radius 3 is 2.95 bits per heavy atom. The maximum atomic E-state index is 12.1. The number of aromatic nitrogens is 1. The Morgan fingerprint density at radius 1 is 1.58 bits per heavy atom.